The molecule has 1 aliphatic heterocycles. The molecule has 120 valence electrons. The quantitative estimate of drug-likeness (QED) is 0.471. The lowest BCUT2D eigenvalue weighted by atomic mass is 10.1. The van der Waals surface area contributed by atoms with Crippen LogP contribution >= 0.6 is 0 Å². The largest absolute Gasteiger partial charge is 0.468 e. The van der Waals surface area contributed by atoms with Gasteiger partial charge in [-0.15, -0.1) is 0 Å². The van der Waals surface area contributed by atoms with Crippen LogP contribution in [0.1, 0.15) is 19.8 Å². The highest BCUT2D eigenvalue weighted by atomic mass is 32.2. The first-order chi connectivity index (χ1) is 9.67. The highest BCUT2D eigenvalue weighted by molar-refractivity contribution is 7.92. The number of carbonyl (C=O) groups excluding carboxylic acids is 3. The van der Waals surface area contributed by atoms with Gasteiger partial charge in [-0.05, 0) is 13.3 Å². The Labute approximate surface area is 122 Å². The molecule has 21 heavy (non-hydrogen) atoms. The van der Waals surface area contributed by atoms with E-state index in [4.69, 9.17) is 0 Å². The Balaban J connectivity index is 0.000000471. The minimum Gasteiger partial charge on any atom is -0.468 e. The summed E-state index contributed by atoms with van der Waals surface area (Å²) in [5.74, 6) is -2.05. The molecule has 2 unspecified atom stereocenters. The third-order valence-corrected chi connectivity index (χ3v) is 5.41. The predicted molar refractivity (Wildman–Crippen MR) is 72.0 cm³/mol. The van der Waals surface area contributed by atoms with Crippen LogP contribution in [0, 0.1) is 5.92 Å². The number of esters is 1. The second kappa shape index (κ2) is 6.99. The molecule has 1 heterocycles. The lowest BCUT2D eigenvalue weighted by molar-refractivity contribution is -0.139. The fourth-order valence-corrected chi connectivity index (χ4v) is 3.44. The first-order valence-corrected chi connectivity index (χ1v) is 8.15. The van der Waals surface area contributed by atoms with E-state index in [0.717, 1.165) is 7.11 Å². The molecule has 1 aliphatic carbocycles. The van der Waals surface area contributed by atoms with Crippen LogP contribution in [-0.4, -0.2) is 61.9 Å². The zero-order valence-electron chi connectivity index (χ0n) is 11.9. The van der Waals surface area contributed by atoms with Gasteiger partial charge in [0.25, 0.3) is 0 Å². The maximum absolute atomic E-state index is 11.8. The van der Waals surface area contributed by atoms with Crippen molar-refractivity contribution < 1.29 is 32.6 Å². The molecule has 0 aromatic rings. The second-order valence-corrected chi connectivity index (χ2v) is 7.39. The van der Waals surface area contributed by atoms with E-state index in [1.165, 1.54) is 6.92 Å². The number of sulfone groups is 1. The Hall–Kier alpha value is -1.48. The average molecular weight is 321 g/mol. The number of methoxy groups -OCH3 is 1. The number of hydrogen-bond donors (Lipinski definition) is 2. The first-order valence-electron chi connectivity index (χ1n) is 6.44. The predicted octanol–water partition coefficient (Wildman–Crippen LogP) is -1.58. The highest BCUT2D eigenvalue weighted by Gasteiger charge is 2.38. The monoisotopic (exact) mass is 321 g/mol. The zero-order valence-corrected chi connectivity index (χ0v) is 12.7. The molecule has 1 saturated carbocycles. The van der Waals surface area contributed by atoms with Crippen LogP contribution in [0.15, 0.2) is 0 Å². The van der Waals surface area contributed by atoms with Gasteiger partial charge in [-0.1, -0.05) is 0 Å². The molecule has 0 bridgehead atoms. The molecule has 8 nitrogen and oxygen atoms in total. The Morgan fingerprint density at radius 2 is 2.00 bits per heavy atom. The van der Waals surface area contributed by atoms with Gasteiger partial charge in [0.15, 0.2) is 15.1 Å². The summed E-state index contributed by atoms with van der Waals surface area (Å²) >= 11 is 0. The second-order valence-electron chi connectivity index (χ2n) is 5.03. The van der Waals surface area contributed by atoms with Crippen molar-refractivity contribution >= 4 is 27.5 Å². The number of rotatable bonds is 4. The minimum atomic E-state index is -3.72. The van der Waals surface area contributed by atoms with E-state index in [1.807, 2.05) is 0 Å². The number of carbonyl (C=O) groups is 3. The maximum Gasteiger partial charge on any atom is 0.323 e. The Morgan fingerprint density at radius 3 is 2.33 bits per heavy atom. The van der Waals surface area contributed by atoms with E-state index in [1.54, 1.807) is 0 Å². The molecular weight excluding hydrogens is 302 g/mol. The molecular formula is C12H19NO7S. The summed E-state index contributed by atoms with van der Waals surface area (Å²) in [5, 5.41) is 10.4. The van der Waals surface area contributed by atoms with Gasteiger partial charge in [-0.2, -0.15) is 0 Å². The lowest BCUT2D eigenvalue weighted by Gasteiger charge is -2.13. The third-order valence-electron chi connectivity index (χ3n) is 3.28. The normalized spacial score (nSPS) is 25.5. The van der Waals surface area contributed by atoms with Crippen molar-refractivity contribution in [1.29, 1.82) is 0 Å². The minimum absolute atomic E-state index is 0.00715. The fourth-order valence-electron chi connectivity index (χ4n) is 1.88. The van der Waals surface area contributed by atoms with Crippen LogP contribution in [0.25, 0.3) is 0 Å². The van der Waals surface area contributed by atoms with E-state index in [9.17, 15) is 27.9 Å². The number of nitrogens with one attached hydrogen (secondary N) is 1. The van der Waals surface area contributed by atoms with Crippen molar-refractivity contribution in [2.75, 3.05) is 19.4 Å². The van der Waals surface area contributed by atoms with Gasteiger partial charge < -0.3 is 15.2 Å². The summed E-state index contributed by atoms with van der Waals surface area (Å²) in [4.78, 5) is 32.0. The van der Waals surface area contributed by atoms with Crippen LogP contribution in [-0.2, 0) is 29.0 Å². The number of Topliss-reactive ketones (excluding diaryl/α,β-unsaturated/α-hetero) is 1. The third kappa shape index (κ3) is 5.43. The summed E-state index contributed by atoms with van der Waals surface area (Å²) in [5.41, 5.74) is 0. The molecule has 0 radical (unpaired) electrons. The molecule has 2 aliphatic rings. The van der Waals surface area contributed by atoms with Gasteiger partial charge in [-0.25, -0.2) is 8.42 Å². The summed E-state index contributed by atoms with van der Waals surface area (Å²) in [6.07, 6.45) is -0.630. The standard InChI is InChI=1S/C10H16O6S.C2H3NO/c1-6(10(13)16-2)17(14,15)5-7-3-8(11)4-9(7)12;4-2-1-3-2/h6-8,11H,3-5H2,1-2H3;1H2,(H,3,4)/t6?,7?,8-;/m0./s1. The summed E-state index contributed by atoms with van der Waals surface area (Å²) < 4.78 is 28.0. The summed E-state index contributed by atoms with van der Waals surface area (Å²) in [7, 11) is -2.61. The molecule has 1 amide bonds. The van der Waals surface area contributed by atoms with E-state index >= 15 is 0 Å². The van der Waals surface area contributed by atoms with E-state index in [0.29, 0.717) is 6.54 Å². The van der Waals surface area contributed by atoms with Gasteiger partial charge >= 0.3 is 5.97 Å². The van der Waals surface area contributed by atoms with Gasteiger partial charge in [0.2, 0.25) is 5.91 Å². The van der Waals surface area contributed by atoms with E-state index in [-0.39, 0.29) is 24.5 Å². The van der Waals surface area contributed by atoms with Crippen molar-refractivity contribution in [1.82, 2.24) is 5.32 Å². The average Bonchev–Trinajstić information content (AvgIpc) is 3.12. The van der Waals surface area contributed by atoms with Crippen molar-refractivity contribution in [3.8, 4) is 0 Å². The van der Waals surface area contributed by atoms with Crippen LogP contribution in [0.4, 0.5) is 0 Å². The Morgan fingerprint density at radius 1 is 1.48 bits per heavy atom. The van der Waals surface area contributed by atoms with Crippen molar-refractivity contribution in [3.63, 3.8) is 0 Å². The van der Waals surface area contributed by atoms with E-state index in [2.05, 4.69) is 10.1 Å². The number of amides is 1. The highest BCUT2D eigenvalue weighted by Crippen LogP contribution is 2.24. The number of aliphatic hydroxyl groups excluding tert-OH is 1. The molecule has 2 fully saturated rings. The molecule has 0 spiro atoms. The Kier molecular flexibility index (Phi) is 5.85. The molecule has 0 aromatic carbocycles. The van der Waals surface area contributed by atoms with E-state index < -0.39 is 38.8 Å². The molecule has 0 aromatic heterocycles. The van der Waals surface area contributed by atoms with Crippen LogP contribution in [0.2, 0.25) is 0 Å². The van der Waals surface area contributed by atoms with Crippen molar-refractivity contribution in [3.05, 3.63) is 0 Å². The topological polar surface area (TPSA) is 137 Å². The fraction of sp³-hybridized carbons (Fsp3) is 0.750. The van der Waals surface area contributed by atoms with Gasteiger partial charge in [0.1, 0.15) is 5.78 Å². The smallest absolute Gasteiger partial charge is 0.323 e. The molecule has 3 atom stereocenters. The number of ketones is 1. The molecule has 2 rings (SSSR count). The molecule has 9 heteroatoms. The van der Waals surface area contributed by atoms with Gasteiger partial charge in [0, 0.05) is 12.3 Å². The lowest BCUT2D eigenvalue weighted by Crippen LogP contribution is -2.33. The number of hydrogen-bond acceptors (Lipinski definition) is 7. The van der Waals surface area contributed by atoms with Crippen LogP contribution in [0.3, 0.4) is 0 Å². The SMILES string of the molecule is COC(=O)C(C)S(=O)(=O)CC1C[C@H](O)CC1=O.O=C1CN1. The van der Waals surface area contributed by atoms with Crippen molar-refractivity contribution in [2.24, 2.45) is 5.92 Å². The summed E-state index contributed by atoms with van der Waals surface area (Å²) in [6.45, 7) is 1.83. The molecule has 2 N–H and O–H groups in total. The van der Waals surface area contributed by atoms with Crippen molar-refractivity contribution in [2.45, 2.75) is 31.1 Å². The van der Waals surface area contributed by atoms with Gasteiger partial charge in [0.05, 0.1) is 25.5 Å². The number of ether oxygens (including phenoxy) is 1. The maximum atomic E-state index is 11.8. The zero-order chi connectivity index (χ0) is 16.2. The first kappa shape index (κ1) is 17.6. The van der Waals surface area contributed by atoms with Gasteiger partial charge in [-0.3, -0.25) is 14.4 Å². The van der Waals surface area contributed by atoms with Crippen LogP contribution < -0.4 is 5.32 Å². The Bertz CT molecular complexity index is 522. The molecule has 1 saturated heterocycles. The number of aliphatic hydroxyl groups is 1. The summed E-state index contributed by atoms with van der Waals surface area (Å²) in [6, 6.07) is 0. The van der Waals surface area contributed by atoms with Crippen LogP contribution in [0.5, 0.6) is 0 Å².